The van der Waals surface area contributed by atoms with Crippen LogP contribution in [0.5, 0.6) is 11.5 Å². The molecule has 1 aromatic rings. The van der Waals surface area contributed by atoms with Gasteiger partial charge in [0.25, 0.3) is 0 Å². The number of hydrogen-bond acceptors (Lipinski definition) is 4. The molecule has 2 atom stereocenters. The fourth-order valence-corrected chi connectivity index (χ4v) is 2.15. The van der Waals surface area contributed by atoms with E-state index < -0.39 is 6.10 Å². The van der Waals surface area contributed by atoms with Crippen molar-refractivity contribution in [2.45, 2.75) is 39.3 Å². The lowest BCUT2D eigenvalue weighted by Gasteiger charge is -2.25. The smallest absolute Gasteiger partial charge is 0.128 e. The van der Waals surface area contributed by atoms with Gasteiger partial charge in [0.2, 0.25) is 0 Å². The maximum Gasteiger partial charge on any atom is 0.128 e. The molecule has 0 aliphatic heterocycles. The van der Waals surface area contributed by atoms with Crippen molar-refractivity contribution in [1.82, 2.24) is 5.32 Å². The highest BCUT2D eigenvalue weighted by Crippen LogP contribution is 2.31. The van der Waals surface area contributed by atoms with Crippen LogP contribution in [0.2, 0.25) is 0 Å². The minimum Gasteiger partial charge on any atom is -0.497 e. The molecule has 2 N–H and O–H groups in total. The highest BCUT2D eigenvalue weighted by molar-refractivity contribution is 5.42. The molecule has 1 rings (SSSR count). The van der Waals surface area contributed by atoms with Crippen molar-refractivity contribution < 1.29 is 14.6 Å². The lowest BCUT2D eigenvalue weighted by atomic mass is 9.98. The number of hydrogen-bond donors (Lipinski definition) is 2. The topological polar surface area (TPSA) is 50.7 Å². The third-order valence-corrected chi connectivity index (χ3v) is 3.37. The average Bonchev–Trinajstić information content (AvgIpc) is 2.46. The summed E-state index contributed by atoms with van der Waals surface area (Å²) in [7, 11) is 3.22. The van der Waals surface area contributed by atoms with Crippen LogP contribution in [0.25, 0.3) is 0 Å². The molecule has 0 saturated carbocycles. The second-order valence-corrected chi connectivity index (χ2v) is 5.37. The SMILES string of the molecule is CCC(NCC(C)C)C(O)c1ccc(OC)cc1OC. The van der Waals surface area contributed by atoms with Crippen LogP contribution in [0.3, 0.4) is 0 Å². The Morgan fingerprint density at radius 3 is 2.40 bits per heavy atom. The van der Waals surface area contributed by atoms with Crippen LogP contribution in [0, 0.1) is 5.92 Å². The molecular weight excluding hydrogens is 254 g/mol. The molecule has 114 valence electrons. The van der Waals surface area contributed by atoms with Gasteiger partial charge in [0, 0.05) is 17.7 Å². The summed E-state index contributed by atoms with van der Waals surface area (Å²) >= 11 is 0. The first-order chi connectivity index (χ1) is 9.53. The third kappa shape index (κ3) is 4.39. The molecule has 0 radical (unpaired) electrons. The van der Waals surface area contributed by atoms with Crippen LogP contribution in [0.4, 0.5) is 0 Å². The molecule has 0 heterocycles. The zero-order chi connectivity index (χ0) is 15.1. The van der Waals surface area contributed by atoms with E-state index >= 15 is 0 Å². The molecule has 0 aliphatic carbocycles. The van der Waals surface area contributed by atoms with Crippen molar-refractivity contribution in [1.29, 1.82) is 0 Å². The number of aliphatic hydroxyl groups is 1. The van der Waals surface area contributed by atoms with E-state index in [0.717, 1.165) is 24.3 Å². The van der Waals surface area contributed by atoms with Crippen LogP contribution < -0.4 is 14.8 Å². The highest BCUT2D eigenvalue weighted by atomic mass is 16.5. The van der Waals surface area contributed by atoms with Gasteiger partial charge in [-0.1, -0.05) is 20.8 Å². The Bertz CT molecular complexity index is 407. The van der Waals surface area contributed by atoms with Gasteiger partial charge in [-0.15, -0.1) is 0 Å². The maximum atomic E-state index is 10.6. The van der Waals surface area contributed by atoms with E-state index in [1.54, 1.807) is 20.3 Å². The number of rotatable bonds is 8. The predicted molar refractivity (Wildman–Crippen MR) is 81.4 cm³/mol. The molecule has 4 nitrogen and oxygen atoms in total. The zero-order valence-corrected chi connectivity index (χ0v) is 13.1. The van der Waals surface area contributed by atoms with Gasteiger partial charge >= 0.3 is 0 Å². The molecule has 4 heteroatoms. The van der Waals surface area contributed by atoms with Crippen LogP contribution >= 0.6 is 0 Å². The minimum atomic E-state index is -0.598. The number of benzene rings is 1. The zero-order valence-electron chi connectivity index (χ0n) is 13.1. The Morgan fingerprint density at radius 2 is 1.90 bits per heavy atom. The number of nitrogens with one attached hydrogen (secondary N) is 1. The lowest BCUT2D eigenvalue weighted by Crippen LogP contribution is -2.36. The number of ether oxygens (including phenoxy) is 2. The molecular formula is C16H27NO3. The number of aliphatic hydroxyl groups excluding tert-OH is 1. The van der Waals surface area contributed by atoms with Crippen molar-refractivity contribution in [3.8, 4) is 11.5 Å². The molecule has 0 saturated heterocycles. The third-order valence-electron chi connectivity index (χ3n) is 3.37. The molecule has 0 spiro atoms. The second kappa shape index (κ2) is 8.12. The maximum absolute atomic E-state index is 10.6. The molecule has 1 aromatic carbocycles. The van der Waals surface area contributed by atoms with Crippen LogP contribution in [-0.4, -0.2) is 31.9 Å². The molecule has 0 bridgehead atoms. The van der Waals surface area contributed by atoms with Crippen LogP contribution in [0.15, 0.2) is 18.2 Å². The summed E-state index contributed by atoms with van der Waals surface area (Å²) in [5.74, 6) is 1.93. The molecule has 0 aliphatic rings. The van der Waals surface area contributed by atoms with Gasteiger partial charge in [-0.05, 0) is 31.0 Å². The summed E-state index contributed by atoms with van der Waals surface area (Å²) in [6, 6.07) is 5.52. The van der Waals surface area contributed by atoms with Gasteiger partial charge in [0.05, 0.1) is 20.3 Å². The van der Waals surface area contributed by atoms with Crippen molar-refractivity contribution in [3.05, 3.63) is 23.8 Å². The summed E-state index contributed by atoms with van der Waals surface area (Å²) in [5, 5.41) is 14.0. The van der Waals surface area contributed by atoms with E-state index in [1.165, 1.54) is 0 Å². The van der Waals surface area contributed by atoms with Crippen LogP contribution in [0.1, 0.15) is 38.9 Å². The normalized spacial score (nSPS) is 14.2. The average molecular weight is 281 g/mol. The van der Waals surface area contributed by atoms with Gasteiger partial charge in [-0.3, -0.25) is 0 Å². The quantitative estimate of drug-likeness (QED) is 0.769. The van der Waals surface area contributed by atoms with Crippen molar-refractivity contribution in [3.63, 3.8) is 0 Å². The fraction of sp³-hybridized carbons (Fsp3) is 0.625. The van der Waals surface area contributed by atoms with Gasteiger partial charge in [0.1, 0.15) is 11.5 Å². The van der Waals surface area contributed by atoms with Gasteiger partial charge in [-0.2, -0.15) is 0 Å². The summed E-state index contributed by atoms with van der Waals surface area (Å²) in [5.41, 5.74) is 0.788. The Hall–Kier alpha value is -1.26. The number of methoxy groups -OCH3 is 2. The van der Waals surface area contributed by atoms with Crippen LogP contribution in [-0.2, 0) is 0 Å². The Balaban J connectivity index is 2.90. The predicted octanol–water partition coefficient (Wildman–Crippen LogP) is 2.76. The van der Waals surface area contributed by atoms with E-state index in [4.69, 9.17) is 9.47 Å². The minimum absolute atomic E-state index is 0.0136. The Morgan fingerprint density at radius 1 is 1.20 bits per heavy atom. The molecule has 0 fully saturated rings. The molecule has 0 amide bonds. The van der Waals surface area contributed by atoms with Crippen molar-refractivity contribution in [2.24, 2.45) is 5.92 Å². The van der Waals surface area contributed by atoms with E-state index in [9.17, 15) is 5.11 Å². The lowest BCUT2D eigenvalue weighted by molar-refractivity contribution is 0.121. The van der Waals surface area contributed by atoms with E-state index in [2.05, 4.69) is 26.1 Å². The van der Waals surface area contributed by atoms with Gasteiger partial charge in [0.15, 0.2) is 0 Å². The van der Waals surface area contributed by atoms with E-state index in [-0.39, 0.29) is 6.04 Å². The fourth-order valence-electron chi connectivity index (χ4n) is 2.15. The first kappa shape index (κ1) is 16.8. The monoisotopic (exact) mass is 281 g/mol. The molecule has 20 heavy (non-hydrogen) atoms. The molecule has 0 aromatic heterocycles. The first-order valence-electron chi connectivity index (χ1n) is 7.16. The van der Waals surface area contributed by atoms with Gasteiger partial charge in [-0.25, -0.2) is 0 Å². The standard InChI is InChI=1S/C16H27NO3/c1-6-14(17-10-11(2)3)16(18)13-8-7-12(19-4)9-15(13)20-5/h7-9,11,14,16-18H,6,10H2,1-5H3. The van der Waals surface area contributed by atoms with Crippen molar-refractivity contribution >= 4 is 0 Å². The highest BCUT2D eigenvalue weighted by Gasteiger charge is 2.22. The Kier molecular flexibility index (Phi) is 6.82. The molecule has 2 unspecified atom stereocenters. The summed E-state index contributed by atoms with van der Waals surface area (Å²) < 4.78 is 10.5. The second-order valence-electron chi connectivity index (χ2n) is 5.37. The summed E-state index contributed by atoms with van der Waals surface area (Å²) in [6.45, 7) is 7.26. The van der Waals surface area contributed by atoms with Gasteiger partial charge < -0.3 is 19.9 Å². The first-order valence-corrected chi connectivity index (χ1v) is 7.16. The van der Waals surface area contributed by atoms with Crippen molar-refractivity contribution in [2.75, 3.05) is 20.8 Å². The summed E-state index contributed by atoms with van der Waals surface area (Å²) in [4.78, 5) is 0. The van der Waals surface area contributed by atoms with E-state index in [1.807, 2.05) is 12.1 Å². The Labute approximate surface area is 122 Å². The van der Waals surface area contributed by atoms with E-state index in [0.29, 0.717) is 11.7 Å². The largest absolute Gasteiger partial charge is 0.497 e. The summed E-state index contributed by atoms with van der Waals surface area (Å²) in [6.07, 6.45) is 0.253.